The third-order valence-corrected chi connectivity index (χ3v) is 2.03. The van der Waals surface area contributed by atoms with Gasteiger partial charge in [0, 0.05) is 6.04 Å². The summed E-state index contributed by atoms with van der Waals surface area (Å²) in [6, 6.07) is 0.396. The molecule has 0 aromatic carbocycles. The third kappa shape index (κ3) is 3.54. The van der Waals surface area contributed by atoms with Crippen LogP contribution in [-0.2, 0) is 0 Å². The highest BCUT2D eigenvalue weighted by Crippen LogP contribution is 2.33. The SMILES string of the molecule is CC(C)=CC(CC1CC1)NN. The highest BCUT2D eigenvalue weighted by atomic mass is 15.2. The van der Waals surface area contributed by atoms with E-state index < -0.39 is 0 Å². The van der Waals surface area contributed by atoms with Crippen molar-refractivity contribution in [3.8, 4) is 0 Å². The van der Waals surface area contributed by atoms with Crippen molar-refractivity contribution in [2.75, 3.05) is 0 Å². The normalized spacial score (nSPS) is 19.5. The molecule has 11 heavy (non-hydrogen) atoms. The minimum absolute atomic E-state index is 0.396. The smallest absolute Gasteiger partial charge is 0.0395 e. The fraction of sp³-hybridized carbons (Fsp3) is 0.778. The van der Waals surface area contributed by atoms with Gasteiger partial charge in [-0.3, -0.25) is 11.3 Å². The van der Waals surface area contributed by atoms with Crippen molar-refractivity contribution in [3.05, 3.63) is 11.6 Å². The average molecular weight is 154 g/mol. The predicted molar refractivity (Wildman–Crippen MR) is 47.9 cm³/mol. The number of rotatable bonds is 4. The van der Waals surface area contributed by atoms with E-state index in [4.69, 9.17) is 5.84 Å². The molecule has 0 bridgehead atoms. The lowest BCUT2D eigenvalue weighted by molar-refractivity contribution is 0.540. The minimum Gasteiger partial charge on any atom is -0.271 e. The molecule has 0 aliphatic heterocycles. The maximum atomic E-state index is 5.40. The third-order valence-electron chi connectivity index (χ3n) is 2.03. The summed E-state index contributed by atoms with van der Waals surface area (Å²) >= 11 is 0. The zero-order valence-electron chi connectivity index (χ0n) is 7.43. The van der Waals surface area contributed by atoms with Crippen LogP contribution in [0.3, 0.4) is 0 Å². The molecule has 1 fully saturated rings. The number of hydrogen-bond donors (Lipinski definition) is 2. The van der Waals surface area contributed by atoms with E-state index in [1.165, 1.54) is 24.8 Å². The molecule has 2 heteroatoms. The molecule has 64 valence electrons. The van der Waals surface area contributed by atoms with Crippen LogP contribution < -0.4 is 11.3 Å². The molecule has 1 rings (SSSR count). The molecule has 1 saturated carbocycles. The van der Waals surface area contributed by atoms with Gasteiger partial charge in [0.2, 0.25) is 0 Å². The van der Waals surface area contributed by atoms with Crippen LogP contribution in [-0.4, -0.2) is 6.04 Å². The van der Waals surface area contributed by atoms with Crippen molar-refractivity contribution in [2.45, 2.75) is 39.2 Å². The van der Waals surface area contributed by atoms with Crippen molar-refractivity contribution in [1.82, 2.24) is 5.43 Å². The monoisotopic (exact) mass is 154 g/mol. The summed E-state index contributed by atoms with van der Waals surface area (Å²) in [7, 11) is 0. The molecular weight excluding hydrogens is 136 g/mol. The Bertz CT molecular complexity index is 144. The molecule has 1 unspecified atom stereocenters. The van der Waals surface area contributed by atoms with Crippen molar-refractivity contribution >= 4 is 0 Å². The zero-order valence-corrected chi connectivity index (χ0v) is 7.43. The van der Waals surface area contributed by atoms with Crippen molar-refractivity contribution in [3.63, 3.8) is 0 Å². The summed E-state index contributed by atoms with van der Waals surface area (Å²) in [4.78, 5) is 0. The Labute approximate surface area is 68.8 Å². The molecule has 0 amide bonds. The second-order valence-corrected chi connectivity index (χ2v) is 3.70. The topological polar surface area (TPSA) is 38.0 Å². The number of hydrogen-bond acceptors (Lipinski definition) is 2. The largest absolute Gasteiger partial charge is 0.271 e. The molecule has 1 atom stereocenters. The molecule has 0 saturated heterocycles. The van der Waals surface area contributed by atoms with Crippen LogP contribution >= 0.6 is 0 Å². The number of nitrogens with two attached hydrogens (primary N) is 1. The number of hydrazine groups is 1. The lowest BCUT2D eigenvalue weighted by Crippen LogP contribution is -2.34. The van der Waals surface area contributed by atoms with E-state index in [2.05, 4.69) is 25.3 Å². The van der Waals surface area contributed by atoms with Gasteiger partial charge in [-0.2, -0.15) is 0 Å². The first-order chi connectivity index (χ1) is 5.22. The Morgan fingerprint density at radius 1 is 1.64 bits per heavy atom. The van der Waals surface area contributed by atoms with Crippen molar-refractivity contribution in [1.29, 1.82) is 0 Å². The summed E-state index contributed by atoms with van der Waals surface area (Å²) in [6.07, 6.45) is 6.21. The van der Waals surface area contributed by atoms with Gasteiger partial charge in [-0.05, 0) is 26.2 Å². The van der Waals surface area contributed by atoms with Gasteiger partial charge in [0.15, 0.2) is 0 Å². The highest BCUT2D eigenvalue weighted by Gasteiger charge is 2.23. The molecule has 0 heterocycles. The van der Waals surface area contributed by atoms with E-state index in [1.807, 2.05) is 0 Å². The lowest BCUT2D eigenvalue weighted by Gasteiger charge is -2.10. The quantitative estimate of drug-likeness (QED) is 0.366. The Morgan fingerprint density at radius 2 is 2.27 bits per heavy atom. The average Bonchev–Trinajstić information content (AvgIpc) is 2.69. The Balaban J connectivity index is 2.28. The molecule has 0 aromatic heterocycles. The van der Waals surface area contributed by atoms with Crippen LogP contribution in [0.4, 0.5) is 0 Å². The second-order valence-electron chi connectivity index (χ2n) is 3.70. The molecule has 0 radical (unpaired) electrons. The summed E-state index contributed by atoms with van der Waals surface area (Å²) in [6.45, 7) is 4.22. The Morgan fingerprint density at radius 3 is 2.64 bits per heavy atom. The Kier molecular flexibility index (Phi) is 3.09. The molecule has 2 nitrogen and oxygen atoms in total. The van der Waals surface area contributed by atoms with Gasteiger partial charge in [-0.1, -0.05) is 24.5 Å². The van der Waals surface area contributed by atoms with Crippen LogP contribution in [0.2, 0.25) is 0 Å². The van der Waals surface area contributed by atoms with E-state index in [9.17, 15) is 0 Å². The Hall–Kier alpha value is -0.340. The fourth-order valence-electron chi connectivity index (χ4n) is 1.30. The van der Waals surface area contributed by atoms with Crippen LogP contribution in [0.25, 0.3) is 0 Å². The second kappa shape index (κ2) is 3.88. The molecule has 0 aromatic rings. The molecule has 0 spiro atoms. The summed E-state index contributed by atoms with van der Waals surface area (Å²) < 4.78 is 0. The number of allylic oxidation sites excluding steroid dienone is 1. The maximum Gasteiger partial charge on any atom is 0.0395 e. The standard InChI is InChI=1S/C9H18N2/c1-7(2)5-9(11-10)6-8-3-4-8/h5,8-9,11H,3-4,6,10H2,1-2H3. The maximum absolute atomic E-state index is 5.40. The van der Waals surface area contributed by atoms with Crippen LogP contribution in [0, 0.1) is 5.92 Å². The first kappa shape index (κ1) is 8.75. The van der Waals surface area contributed by atoms with Gasteiger partial charge < -0.3 is 0 Å². The minimum atomic E-state index is 0.396. The van der Waals surface area contributed by atoms with Gasteiger partial charge in [-0.15, -0.1) is 0 Å². The first-order valence-corrected chi connectivity index (χ1v) is 4.33. The van der Waals surface area contributed by atoms with E-state index in [-0.39, 0.29) is 0 Å². The highest BCUT2D eigenvalue weighted by molar-refractivity contribution is 5.01. The van der Waals surface area contributed by atoms with Crippen LogP contribution in [0.5, 0.6) is 0 Å². The van der Waals surface area contributed by atoms with E-state index >= 15 is 0 Å². The fourth-order valence-corrected chi connectivity index (χ4v) is 1.30. The molecule has 3 N–H and O–H groups in total. The summed E-state index contributed by atoms with van der Waals surface area (Å²) in [5, 5.41) is 0. The van der Waals surface area contributed by atoms with Crippen LogP contribution in [0.1, 0.15) is 33.1 Å². The van der Waals surface area contributed by atoms with Gasteiger partial charge in [0.1, 0.15) is 0 Å². The zero-order chi connectivity index (χ0) is 8.27. The van der Waals surface area contributed by atoms with E-state index in [0.29, 0.717) is 6.04 Å². The molecule has 1 aliphatic carbocycles. The summed E-state index contributed by atoms with van der Waals surface area (Å²) in [5.74, 6) is 6.34. The summed E-state index contributed by atoms with van der Waals surface area (Å²) in [5.41, 5.74) is 4.17. The van der Waals surface area contributed by atoms with Gasteiger partial charge >= 0.3 is 0 Å². The van der Waals surface area contributed by atoms with Gasteiger partial charge in [0.25, 0.3) is 0 Å². The van der Waals surface area contributed by atoms with E-state index in [0.717, 1.165) is 5.92 Å². The predicted octanol–water partition coefficient (Wildman–Crippen LogP) is 1.58. The lowest BCUT2D eigenvalue weighted by atomic mass is 10.1. The molecule has 1 aliphatic rings. The van der Waals surface area contributed by atoms with E-state index in [1.54, 1.807) is 0 Å². The van der Waals surface area contributed by atoms with Crippen LogP contribution in [0.15, 0.2) is 11.6 Å². The number of nitrogens with one attached hydrogen (secondary N) is 1. The molecular formula is C9H18N2. The van der Waals surface area contributed by atoms with Gasteiger partial charge in [0.05, 0.1) is 0 Å². The van der Waals surface area contributed by atoms with Gasteiger partial charge in [-0.25, -0.2) is 0 Å². The first-order valence-electron chi connectivity index (χ1n) is 4.33. The van der Waals surface area contributed by atoms with Crippen molar-refractivity contribution in [2.24, 2.45) is 11.8 Å². The van der Waals surface area contributed by atoms with Crippen molar-refractivity contribution < 1.29 is 0 Å².